The van der Waals surface area contributed by atoms with Gasteiger partial charge in [-0.05, 0) is 34.6 Å². The second-order valence-electron chi connectivity index (χ2n) is 5.64. The number of hydrogen-bond acceptors (Lipinski definition) is 3. The Balaban J connectivity index is 2.19. The largest absolute Gasteiger partial charge is 0.484 e. The minimum Gasteiger partial charge on any atom is -0.484 e. The molecule has 1 heterocycles. The van der Waals surface area contributed by atoms with Crippen LogP contribution in [-0.2, 0) is 5.41 Å². The van der Waals surface area contributed by atoms with E-state index in [1.807, 2.05) is 23.6 Å². The Bertz CT molecular complexity index is 514. The summed E-state index contributed by atoms with van der Waals surface area (Å²) < 4.78 is 6.03. The average molecular weight is 275 g/mol. The first-order valence-corrected chi connectivity index (χ1v) is 7.39. The molecule has 2 aromatic rings. The van der Waals surface area contributed by atoms with Gasteiger partial charge >= 0.3 is 0 Å². The predicted molar refractivity (Wildman–Crippen MR) is 81.9 cm³/mol. The summed E-state index contributed by atoms with van der Waals surface area (Å²) in [6.07, 6.45) is -0.0600. The highest BCUT2D eigenvalue weighted by atomic mass is 32.1. The molecule has 0 saturated carbocycles. The van der Waals surface area contributed by atoms with Crippen LogP contribution in [-0.4, -0.2) is 6.54 Å². The molecule has 1 aromatic carbocycles. The molecule has 2 N–H and O–H groups in total. The van der Waals surface area contributed by atoms with E-state index in [-0.39, 0.29) is 11.5 Å². The third kappa shape index (κ3) is 3.58. The SMILES string of the molecule is CC(C)(C)c1cccc(OC(CN)c2cccs2)c1. The minimum absolute atomic E-state index is 0.0600. The fourth-order valence-corrected chi connectivity index (χ4v) is 2.66. The van der Waals surface area contributed by atoms with E-state index in [1.165, 1.54) is 10.4 Å². The Kier molecular flexibility index (Phi) is 4.27. The Labute approximate surface area is 119 Å². The number of rotatable bonds is 4. The summed E-state index contributed by atoms with van der Waals surface area (Å²) in [6, 6.07) is 12.4. The van der Waals surface area contributed by atoms with Crippen molar-refractivity contribution in [2.75, 3.05) is 6.54 Å². The van der Waals surface area contributed by atoms with Gasteiger partial charge in [-0.15, -0.1) is 11.3 Å². The van der Waals surface area contributed by atoms with Crippen LogP contribution in [0, 0.1) is 0 Å². The molecule has 0 saturated heterocycles. The first-order valence-electron chi connectivity index (χ1n) is 6.51. The van der Waals surface area contributed by atoms with Crippen LogP contribution in [0.3, 0.4) is 0 Å². The van der Waals surface area contributed by atoms with Gasteiger partial charge in [-0.1, -0.05) is 39.0 Å². The molecule has 0 fully saturated rings. The van der Waals surface area contributed by atoms with Crippen LogP contribution in [0.15, 0.2) is 41.8 Å². The second-order valence-corrected chi connectivity index (χ2v) is 6.61. The van der Waals surface area contributed by atoms with Crippen molar-refractivity contribution in [3.05, 3.63) is 52.2 Å². The van der Waals surface area contributed by atoms with Crippen LogP contribution >= 0.6 is 11.3 Å². The van der Waals surface area contributed by atoms with Crippen LogP contribution in [0.1, 0.15) is 37.3 Å². The molecule has 102 valence electrons. The number of thiophene rings is 1. The van der Waals surface area contributed by atoms with Crippen molar-refractivity contribution in [2.45, 2.75) is 32.3 Å². The van der Waals surface area contributed by atoms with Gasteiger partial charge in [-0.3, -0.25) is 0 Å². The number of hydrogen-bond donors (Lipinski definition) is 1. The molecule has 2 nitrogen and oxygen atoms in total. The first-order chi connectivity index (χ1) is 9.00. The first kappa shape index (κ1) is 14.1. The summed E-state index contributed by atoms with van der Waals surface area (Å²) in [5.74, 6) is 0.885. The molecule has 0 spiro atoms. The zero-order valence-corrected chi connectivity index (χ0v) is 12.5. The molecule has 0 aliphatic rings. The van der Waals surface area contributed by atoms with E-state index in [0.717, 1.165) is 5.75 Å². The molecule has 0 radical (unpaired) electrons. The summed E-state index contributed by atoms with van der Waals surface area (Å²) in [4.78, 5) is 1.17. The topological polar surface area (TPSA) is 35.2 Å². The fraction of sp³-hybridized carbons (Fsp3) is 0.375. The van der Waals surface area contributed by atoms with Crippen molar-refractivity contribution in [1.82, 2.24) is 0 Å². The second kappa shape index (κ2) is 5.76. The molecule has 3 heteroatoms. The average Bonchev–Trinajstić information content (AvgIpc) is 2.89. The van der Waals surface area contributed by atoms with Crippen LogP contribution < -0.4 is 10.5 Å². The van der Waals surface area contributed by atoms with E-state index in [2.05, 4.69) is 39.0 Å². The van der Waals surface area contributed by atoms with Gasteiger partial charge in [0.1, 0.15) is 11.9 Å². The van der Waals surface area contributed by atoms with E-state index in [9.17, 15) is 0 Å². The monoisotopic (exact) mass is 275 g/mol. The molecular weight excluding hydrogens is 254 g/mol. The Morgan fingerprint density at radius 3 is 2.58 bits per heavy atom. The highest BCUT2D eigenvalue weighted by molar-refractivity contribution is 7.10. The van der Waals surface area contributed by atoms with Gasteiger partial charge in [0.25, 0.3) is 0 Å². The predicted octanol–water partition coefficient (Wildman–Crippen LogP) is 4.12. The summed E-state index contributed by atoms with van der Waals surface area (Å²) in [5.41, 5.74) is 7.21. The van der Waals surface area contributed by atoms with Crippen LogP contribution in [0.4, 0.5) is 0 Å². The molecule has 0 amide bonds. The third-order valence-electron chi connectivity index (χ3n) is 3.05. The van der Waals surface area contributed by atoms with Crippen LogP contribution in [0.5, 0.6) is 5.75 Å². The third-order valence-corrected chi connectivity index (χ3v) is 4.02. The van der Waals surface area contributed by atoms with E-state index in [4.69, 9.17) is 10.5 Å². The van der Waals surface area contributed by atoms with Crippen molar-refractivity contribution in [3.8, 4) is 5.75 Å². The Morgan fingerprint density at radius 2 is 2.00 bits per heavy atom. The summed E-state index contributed by atoms with van der Waals surface area (Å²) in [5, 5.41) is 2.05. The maximum Gasteiger partial charge on any atom is 0.145 e. The van der Waals surface area contributed by atoms with Crippen LogP contribution in [0.2, 0.25) is 0 Å². The van der Waals surface area contributed by atoms with Gasteiger partial charge < -0.3 is 10.5 Å². The Hall–Kier alpha value is -1.32. The lowest BCUT2D eigenvalue weighted by atomic mass is 9.87. The maximum atomic E-state index is 6.03. The quantitative estimate of drug-likeness (QED) is 0.910. The molecule has 19 heavy (non-hydrogen) atoms. The van der Waals surface area contributed by atoms with Crippen molar-refractivity contribution in [1.29, 1.82) is 0 Å². The molecule has 1 unspecified atom stereocenters. The highest BCUT2D eigenvalue weighted by Gasteiger charge is 2.16. The maximum absolute atomic E-state index is 6.03. The van der Waals surface area contributed by atoms with Gasteiger partial charge in [0.15, 0.2) is 0 Å². The molecule has 0 bridgehead atoms. The van der Waals surface area contributed by atoms with Gasteiger partial charge in [0.05, 0.1) is 0 Å². The normalized spacial score (nSPS) is 13.3. The lowest BCUT2D eigenvalue weighted by Crippen LogP contribution is -2.18. The van der Waals surface area contributed by atoms with E-state index in [0.29, 0.717) is 6.54 Å². The van der Waals surface area contributed by atoms with Crippen molar-refractivity contribution >= 4 is 11.3 Å². The molecular formula is C16H21NOS. The van der Waals surface area contributed by atoms with E-state index >= 15 is 0 Å². The highest BCUT2D eigenvalue weighted by Crippen LogP contribution is 2.29. The summed E-state index contributed by atoms with van der Waals surface area (Å²) >= 11 is 1.68. The number of ether oxygens (including phenoxy) is 1. The number of nitrogens with two attached hydrogens (primary N) is 1. The van der Waals surface area contributed by atoms with Gasteiger partial charge in [-0.2, -0.15) is 0 Å². The lowest BCUT2D eigenvalue weighted by molar-refractivity contribution is 0.217. The smallest absolute Gasteiger partial charge is 0.145 e. The fourth-order valence-electron chi connectivity index (χ4n) is 1.90. The summed E-state index contributed by atoms with van der Waals surface area (Å²) in [7, 11) is 0. The summed E-state index contributed by atoms with van der Waals surface area (Å²) in [6.45, 7) is 7.09. The zero-order chi connectivity index (χ0) is 13.9. The Morgan fingerprint density at radius 1 is 1.21 bits per heavy atom. The number of benzene rings is 1. The van der Waals surface area contributed by atoms with Crippen molar-refractivity contribution in [3.63, 3.8) is 0 Å². The molecule has 0 aliphatic heterocycles. The van der Waals surface area contributed by atoms with Gasteiger partial charge in [-0.25, -0.2) is 0 Å². The lowest BCUT2D eigenvalue weighted by Gasteiger charge is -2.21. The zero-order valence-electron chi connectivity index (χ0n) is 11.7. The van der Waals surface area contributed by atoms with Crippen molar-refractivity contribution in [2.24, 2.45) is 5.73 Å². The van der Waals surface area contributed by atoms with E-state index in [1.54, 1.807) is 11.3 Å². The molecule has 1 aromatic heterocycles. The minimum atomic E-state index is -0.0600. The van der Waals surface area contributed by atoms with Crippen molar-refractivity contribution < 1.29 is 4.74 Å². The molecule has 0 aliphatic carbocycles. The van der Waals surface area contributed by atoms with Crippen LogP contribution in [0.25, 0.3) is 0 Å². The molecule has 2 rings (SSSR count). The molecule has 1 atom stereocenters. The van der Waals surface area contributed by atoms with Gasteiger partial charge in [0, 0.05) is 11.4 Å². The van der Waals surface area contributed by atoms with E-state index < -0.39 is 0 Å². The standard InChI is InChI=1S/C16H21NOS/c1-16(2,3)12-6-4-7-13(10-12)18-14(11-17)15-8-5-9-19-15/h4-10,14H,11,17H2,1-3H3. The van der Waals surface area contributed by atoms with Gasteiger partial charge in [0.2, 0.25) is 0 Å².